The molecule has 2 aliphatic carbocycles. The van der Waals surface area contributed by atoms with Crippen LogP contribution in [0.1, 0.15) is 45.8 Å². The van der Waals surface area contributed by atoms with E-state index in [2.05, 4.69) is 12.1 Å². The lowest BCUT2D eigenvalue weighted by Crippen LogP contribution is -1.98. The van der Waals surface area contributed by atoms with E-state index in [-0.39, 0.29) is 0 Å². The van der Waals surface area contributed by atoms with Crippen LogP contribution in [-0.2, 0) is 12.8 Å². The molecule has 0 atom stereocenters. The van der Waals surface area contributed by atoms with Gasteiger partial charge in [-0.15, -0.1) is 11.3 Å². The molecule has 0 saturated carbocycles. The van der Waals surface area contributed by atoms with Crippen LogP contribution in [0.5, 0.6) is 0 Å². The molecule has 15 heavy (non-hydrogen) atoms. The molecule has 0 saturated heterocycles. The molecule has 0 amide bonds. The SMILES string of the molecule is O=C(C1=CCCC1)c1cc2c(s1)CCC2. The molecule has 1 aromatic rings. The minimum Gasteiger partial charge on any atom is -0.288 e. The summed E-state index contributed by atoms with van der Waals surface area (Å²) in [6.07, 6.45) is 9.00. The topological polar surface area (TPSA) is 17.1 Å². The van der Waals surface area contributed by atoms with Gasteiger partial charge in [-0.05, 0) is 55.7 Å². The number of thiophene rings is 1. The van der Waals surface area contributed by atoms with E-state index in [1.807, 2.05) is 0 Å². The molecule has 1 nitrogen and oxygen atoms in total. The van der Waals surface area contributed by atoms with Gasteiger partial charge in [-0.3, -0.25) is 4.79 Å². The molecule has 78 valence electrons. The predicted octanol–water partition coefficient (Wildman–Crippen LogP) is 3.53. The largest absolute Gasteiger partial charge is 0.288 e. The number of ketones is 1. The Kier molecular flexibility index (Phi) is 2.24. The first-order chi connectivity index (χ1) is 7.34. The predicted molar refractivity (Wildman–Crippen MR) is 62.6 cm³/mol. The Morgan fingerprint density at radius 3 is 2.87 bits per heavy atom. The molecule has 0 aromatic carbocycles. The highest BCUT2D eigenvalue weighted by Crippen LogP contribution is 2.33. The number of Topliss-reactive ketones (excluding diaryl/α,β-unsaturated/α-hetero) is 1. The molecule has 0 unspecified atom stereocenters. The van der Waals surface area contributed by atoms with Crippen molar-refractivity contribution in [2.75, 3.05) is 0 Å². The summed E-state index contributed by atoms with van der Waals surface area (Å²) in [5, 5.41) is 0. The Hall–Kier alpha value is -0.890. The summed E-state index contributed by atoms with van der Waals surface area (Å²) >= 11 is 1.73. The van der Waals surface area contributed by atoms with Crippen molar-refractivity contribution in [1.82, 2.24) is 0 Å². The van der Waals surface area contributed by atoms with Crippen LogP contribution in [0.2, 0.25) is 0 Å². The summed E-state index contributed by atoms with van der Waals surface area (Å²) in [5.41, 5.74) is 2.48. The maximum atomic E-state index is 12.1. The van der Waals surface area contributed by atoms with E-state index in [1.54, 1.807) is 11.3 Å². The Balaban J connectivity index is 1.89. The second-order valence-electron chi connectivity index (χ2n) is 4.36. The first kappa shape index (κ1) is 9.34. The first-order valence-electron chi connectivity index (χ1n) is 5.70. The van der Waals surface area contributed by atoms with E-state index in [9.17, 15) is 4.79 Å². The standard InChI is InChI=1S/C13H14OS/c14-13(9-4-1-2-5-9)12-8-10-6-3-7-11(10)15-12/h4,8H,1-3,5-7H2. The van der Waals surface area contributed by atoms with E-state index in [4.69, 9.17) is 0 Å². The Morgan fingerprint density at radius 2 is 2.13 bits per heavy atom. The zero-order chi connectivity index (χ0) is 10.3. The van der Waals surface area contributed by atoms with Crippen LogP contribution in [0, 0.1) is 0 Å². The number of carbonyl (C=O) groups is 1. The molecule has 0 spiro atoms. The van der Waals surface area contributed by atoms with Crippen LogP contribution < -0.4 is 0 Å². The third-order valence-corrected chi connectivity index (χ3v) is 4.54. The summed E-state index contributed by atoms with van der Waals surface area (Å²) in [6, 6.07) is 2.13. The summed E-state index contributed by atoms with van der Waals surface area (Å²) in [6.45, 7) is 0. The summed E-state index contributed by atoms with van der Waals surface area (Å²) < 4.78 is 0. The molecule has 2 heteroatoms. The van der Waals surface area contributed by atoms with Crippen LogP contribution in [0.15, 0.2) is 17.7 Å². The van der Waals surface area contributed by atoms with Gasteiger partial charge in [0.1, 0.15) is 0 Å². The van der Waals surface area contributed by atoms with Crippen molar-refractivity contribution < 1.29 is 4.79 Å². The average Bonchev–Trinajstić information content (AvgIpc) is 2.92. The zero-order valence-corrected chi connectivity index (χ0v) is 9.53. The van der Waals surface area contributed by atoms with Gasteiger partial charge in [-0.1, -0.05) is 6.08 Å². The third-order valence-electron chi connectivity index (χ3n) is 3.30. The average molecular weight is 218 g/mol. The van der Waals surface area contributed by atoms with Crippen molar-refractivity contribution in [3.8, 4) is 0 Å². The molecular weight excluding hydrogens is 204 g/mol. The van der Waals surface area contributed by atoms with Crippen LogP contribution >= 0.6 is 11.3 Å². The molecular formula is C13H14OS. The number of hydrogen-bond donors (Lipinski definition) is 0. The van der Waals surface area contributed by atoms with Gasteiger partial charge >= 0.3 is 0 Å². The van der Waals surface area contributed by atoms with Crippen molar-refractivity contribution in [1.29, 1.82) is 0 Å². The lowest BCUT2D eigenvalue weighted by atomic mass is 10.1. The van der Waals surface area contributed by atoms with Crippen LogP contribution in [0.3, 0.4) is 0 Å². The minimum absolute atomic E-state index is 0.298. The number of hydrogen-bond acceptors (Lipinski definition) is 2. The quantitative estimate of drug-likeness (QED) is 0.694. The minimum atomic E-state index is 0.298. The van der Waals surface area contributed by atoms with Gasteiger partial charge in [-0.2, -0.15) is 0 Å². The lowest BCUT2D eigenvalue weighted by molar-refractivity contribution is 0.103. The summed E-state index contributed by atoms with van der Waals surface area (Å²) in [4.78, 5) is 14.5. The van der Waals surface area contributed by atoms with Gasteiger partial charge in [0.05, 0.1) is 4.88 Å². The van der Waals surface area contributed by atoms with E-state index < -0.39 is 0 Å². The first-order valence-corrected chi connectivity index (χ1v) is 6.51. The summed E-state index contributed by atoms with van der Waals surface area (Å²) in [7, 11) is 0. The normalized spacial score (nSPS) is 19.1. The van der Waals surface area contributed by atoms with Crippen LogP contribution in [-0.4, -0.2) is 5.78 Å². The molecule has 0 bridgehead atoms. The number of allylic oxidation sites excluding steroid dienone is 2. The van der Waals surface area contributed by atoms with Gasteiger partial charge in [0.2, 0.25) is 0 Å². The third kappa shape index (κ3) is 1.57. The molecule has 0 fully saturated rings. The maximum absolute atomic E-state index is 12.1. The highest BCUT2D eigenvalue weighted by Gasteiger charge is 2.21. The molecule has 1 aromatic heterocycles. The van der Waals surface area contributed by atoms with Crippen LogP contribution in [0.4, 0.5) is 0 Å². The highest BCUT2D eigenvalue weighted by molar-refractivity contribution is 7.14. The lowest BCUT2D eigenvalue weighted by Gasteiger charge is -1.97. The van der Waals surface area contributed by atoms with Crippen LogP contribution in [0.25, 0.3) is 0 Å². The summed E-state index contributed by atoms with van der Waals surface area (Å²) in [5.74, 6) is 0.298. The fraction of sp³-hybridized carbons (Fsp3) is 0.462. The zero-order valence-electron chi connectivity index (χ0n) is 8.71. The number of carbonyl (C=O) groups excluding carboxylic acids is 1. The Labute approximate surface area is 93.8 Å². The van der Waals surface area contributed by atoms with Crippen molar-refractivity contribution in [2.45, 2.75) is 38.5 Å². The van der Waals surface area contributed by atoms with Crippen molar-refractivity contribution in [3.05, 3.63) is 33.0 Å². The van der Waals surface area contributed by atoms with Gasteiger partial charge in [0.25, 0.3) is 0 Å². The molecule has 0 aliphatic heterocycles. The van der Waals surface area contributed by atoms with Crippen molar-refractivity contribution in [2.24, 2.45) is 0 Å². The van der Waals surface area contributed by atoms with Gasteiger partial charge in [0, 0.05) is 4.88 Å². The maximum Gasteiger partial charge on any atom is 0.198 e. The number of aryl methyl sites for hydroxylation is 2. The van der Waals surface area contributed by atoms with E-state index in [0.29, 0.717) is 5.78 Å². The Bertz CT molecular complexity index is 418. The molecule has 1 heterocycles. The van der Waals surface area contributed by atoms with Gasteiger partial charge in [-0.25, -0.2) is 0 Å². The van der Waals surface area contributed by atoms with Crippen molar-refractivity contribution in [3.63, 3.8) is 0 Å². The second-order valence-corrected chi connectivity index (χ2v) is 5.50. The molecule has 2 aliphatic rings. The van der Waals surface area contributed by atoms with E-state index in [0.717, 1.165) is 29.7 Å². The fourth-order valence-corrected chi connectivity index (χ4v) is 3.71. The molecule has 0 radical (unpaired) electrons. The number of rotatable bonds is 2. The monoisotopic (exact) mass is 218 g/mol. The number of fused-ring (bicyclic) bond motifs is 1. The smallest absolute Gasteiger partial charge is 0.198 e. The van der Waals surface area contributed by atoms with Gasteiger partial charge < -0.3 is 0 Å². The molecule has 0 N–H and O–H groups in total. The Morgan fingerprint density at radius 1 is 1.20 bits per heavy atom. The molecule has 3 rings (SSSR count). The van der Waals surface area contributed by atoms with E-state index >= 15 is 0 Å². The van der Waals surface area contributed by atoms with Crippen molar-refractivity contribution >= 4 is 17.1 Å². The highest BCUT2D eigenvalue weighted by atomic mass is 32.1. The van der Waals surface area contributed by atoms with Gasteiger partial charge in [0.15, 0.2) is 5.78 Å². The van der Waals surface area contributed by atoms with E-state index in [1.165, 1.54) is 29.7 Å². The second kappa shape index (κ2) is 3.60. The fourth-order valence-electron chi connectivity index (χ4n) is 2.48.